The zero-order valence-corrected chi connectivity index (χ0v) is 12.2. The van der Waals surface area contributed by atoms with Crippen molar-refractivity contribution in [1.82, 2.24) is 5.32 Å². The van der Waals surface area contributed by atoms with E-state index in [1.54, 1.807) is 14.0 Å². The van der Waals surface area contributed by atoms with Gasteiger partial charge in [0.25, 0.3) is 0 Å². The molecule has 0 saturated heterocycles. The molecule has 5 nitrogen and oxygen atoms in total. The topological polar surface area (TPSA) is 75.6 Å². The Morgan fingerprint density at radius 2 is 1.85 bits per heavy atom. The molecule has 0 fully saturated rings. The van der Waals surface area contributed by atoms with Gasteiger partial charge in [0.05, 0.1) is 19.1 Å². The Morgan fingerprint density at radius 3 is 2.40 bits per heavy atom. The zero-order valence-electron chi connectivity index (χ0n) is 12.2. The van der Waals surface area contributed by atoms with Crippen LogP contribution in [-0.4, -0.2) is 24.1 Å². The fraction of sp³-hybridized carbons (Fsp3) is 0.467. The van der Waals surface area contributed by atoms with Crippen LogP contribution in [0.1, 0.15) is 32.4 Å². The Bertz CT molecular complexity index is 487. The molecule has 20 heavy (non-hydrogen) atoms. The first-order chi connectivity index (χ1) is 9.36. The maximum atomic E-state index is 12.0. The fourth-order valence-corrected chi connectivity index (χ4v) is 1.78. The third-order valence-corrected chi connectivity index (χ3v) is 3.51. The van der Waals surface area contributed by atoms with E-state index in [-0.39, 0.29) is 11.9 Å². The van der Waals surface area contributed by atoms with Gasteiger partial charge in [0.1, 0.15) is 5.75 Å². The minimum absolute atomic E-state index is 0.207. The SMILES string of the molecule is COc1cccc([C@@H](C)NC(=O)C(C)C(C)C(=O)O)c1. The Kier molecular flexibility index (Phi) is 5.55. The van der Waals surface area contributed by atoms with Gasteiger partial charge in [0.15, 0.2) is 0 Å². The van der Waals surface area contributed by atoms with E-state index in [1.807, 2.05) is 31.2 Å². The highest BCUT2D eigenvalue weighted by molar-refractivity contribution is 5.84. The quantitative estimate of drug-likeness (QED) is 0.837. The third kappa shape index (κ3) is 3.98. The molecule has 0 heterocycles. The van der Waals surface area contributed by atoms with Crippen LogP contribution in [-0.2, 0) is 9.59 Å². The summed E-state index contributed by atoms with van der Waals surface area (Å²) in [5, 5.41) is 11.7. The van der Waals surface area contributed by atoms with Crippen molar-refractivity contribution in [1.29, 1.82) is 0 Å². The van der Waals surface area contributed by atoms with Crippen LogP contribution in [0.4, 0.5) is 0 Å². The summed E-state index contributed by atoms with van der Waals surface area (Å²) < 4.78 is 5.14. The number of carbonyl (C=O) groups excluding carboxylic acids is 1. The van der Waals surface area contributed by atoms with Gasteiger partial charge in [-0.3, -0.25) is 9.59 Å². The van der Waals surface area contributed by atoms with E-state index in [0.717, 1.165) is 11.3 Å². The molecule has 110 valence electrons. The number of carbonyl (C=O) groups is 2. The van der Waals surface area contributed by atoms with Gasteiger partial charge in [0.2, 0.25) is 5.91 Å². The van der Waals surface area contributed by atoms with E-state index < -0.39 is 17.8 Å². The second-order valence-electron chi connectivity index (χ2n) is 4.92. The lowest BCUT2D eigenvalue weighted by molar-refractivity contribution is -0.146. The van der Waals surface area contributed by atoms with Gasteiger partial charge in [0, 0.05) is 5.92 Å². The van der Waals surface area contributed by atoms with Crippen LogP contribution < -0.4 is 10.1 Å². The summed E-state index contributed by atoms with van der Waals surface area (Å²) in [4.78, 5) is 22.9. The third-order valence-electron chi connectivity index (χ3n) is 3.51. The number of hydrogen-bond acceptors (Lipinski definition) is 3. The van der Waals surface area contributed by atoms with Crippen LogP contribution in [0.3, 0.4) is 0 Å². The molecule has 0 spiro atoms. The first-order valence-electron chi connectivity index (χ1n) is 6.54. The number of nitrogens with one attached hydrogen (secondary N) is 1. The van der Waals surface area contributed by atoms with Gasteiger partial charge >= 0.3 is 5.97 Å². The van der Waals surface area contributed by atoms with Crippen molar-refractivity contribution in [3.63, 3.8) is 0 Å². The minimum Gasteiger partial charge on any atom is -0.497 e. The van der Waals surface area contributed by atoms with E-state index in [4.69, 9.17) is 9.84 Å². The summed E-state index contributed by atoms with van der Waals surface area (Å²) in [6.07, 6.45) is 0. The first-order valence-corrected chi connectivity index (χ1v) is 6.54. The predicted octanol–water partition coefficient (Wildman–Crippen LogP) is 2.23. The normalized spacial score (nSPS) is 15.0. The molecule has 1 amide bonds. The molecule has 0 radical (unpaired) electrons. The summed E-state index contributed by atoms with van der Waals surface area (Å²) in [5.41, 5.74) is 0.910. The summed E-state index contributed by atoms with van der Waals surface area (Å²) in [7, 11) is 1.58. The van der Waals surface area contributed by atoms with Gasteiger partial charge in [-0.05, 0) is 24.6 Å². The lowest BCUT2D eigenvalue weighted by Gasteiger charge is -2.20. The van der Waals surface area contributed by atoms with Gasteiger partial charge in [-0.2, -0.15) is 0 Å². The smallest absolute Gasteiger partial charge is 0.307 e. The van der Waals surface area contributed by atoms with Gasteiger partial charge in [-0.1, -0.05) is 26.0 Å². The largest absolute Gasteiger partial charge is 0.497 e. The average molecular weight is 279 g/mol. The predicted molar refractivity (Wildman–Crippen MR) is 75.5 cm³/mol. The van der Waals surface area contributed by atoms with Crippen molar-refractivity contribution in [3.8, 4) is 5.75 Å². The molecule has 0 saturated carbocycles. The molecule has 1 aromatic carbocycles. The standard InChI is InChI=1S/C15H21NO4/c1-9(10(2)15(18)19)14(17)16-11(3)12-6-5-7-13(8-12)20-4/h5-11H,1-4H3,(H,16,17)(H,18,19)/t9?,10?,11-/m1/s1. The van der Waals surface area contributed by atoms with Crippen LogP contribution in [0.15, 0.2) is 24.3 Å². The molecule has 3 atom stereocenters. The number of benzene rings is 1. The fourth-order valence-electron chi connectivity index (χ4n) is 1.78. The van der Waals surface area contributed by atoms with Crippen molar-refractivity contribution in [2.45, 2.75) is 26.8 Å². The van der Waals surface area contributed by atoms with Crippen molar-refractivity contribution in [2.75, 3.05) is 7.11 Å². The zero-order chi connectivity index (χ0) is 15.3. The lowest BCUT2D eigenvalue weighted by Crippen LogP contribution is -2.36. The number of aliphatic carboxylic acids is 1. The highest BCUT2D eigenvalue weighted by atomic mass is 16.5. The van der Waals surface area contributed by atoms with Gasteiger partial charge < -0.3 is 15.2 Å². The first kappa shape index (κ1) is 16.0. The van der Waals surface area contributed by atoms with Crippen molar-refractivity contribution >= 4 is 11.9 Å². The Morgan fingerprint density at radius 1 is 1.20 bits per heavy atom. The van der Waals surface area contributed by atoms with Gasteiger partial charge in [-0.25, -0.2) is 0 Å². The van der Waals surface area contributed by atoms with Gasteiger partial charge in [-0.15, -0.1) is 0 Å². The van der Waals surface area contributed by atoms with Crippen LogP contribution in [0.2, 0.25) is 0 Å². The molecule has 0 aliphatic carbocycles. The number of carboxylic acid groups (broad SMARTS) is 1. The summed E-state index contributed by atoms with van der Waals surface area (Å²) in [6, 6.07) is 7.20. The van der Waals surface area contributed by atoms with Crippen molar-refractivity contribution in [3.05, 3.63) is 29.8 Å². The monoisotopic (exact) mass is 279 g/mol. The van der Waals surface area contributed by atoms with E-state index in [2.05, 4.69) is 5.32 Å². The molecule has 2 N–H and O–H groups in total. The van der Waals surface area contributed by atoms with E-state index in [0.29, 0.717) is 0 Å². The molecule has 2 unspecified atom stereocenters. The molecule has 5 heteroatoms. The molecular formula is C15H21NO4. The maximum absolute atomic E-state index is 12.0. The average Bonchev–Trinajstić information content (AvgIpc) is 2.45. The molecule has 1 aromatic rings. The maximum Gasteiger partial charge on any atom is 0.307 e. The number of methoxy groups -OCH3 is 1. The van der Waals surface area contributed by atoms with Crippen LogP contribution in [0.5, 0.6) is 5.75 Å². The second-order valence-corrected chi connectivity index (χ2v) is 4.92. The summed E-state index contributed by atoms with van der Waals surface area (Å²) in [6.45, 7) is 5.00. The molecule has 0 aliphatic heterocycles. The Labute approximate surface area is 118 Å². The summed E-state index contributed by atoms with van der Waals surface area (Å²) >= 11 is 0. The number of amides is 1. The molecular weight excluding hydrogens is 258 g/mol. The van der Waals surface area contributed by atoms with Crippen LogP contribution in [0.25, 0.3) is 0 Å². The number of hydrogen-bond donors (Lipinski definition) is 2. The van der Waals surface area contributed by atoms with E-state index >= 15 is 0 Å². The van der Waals surface area contributed by atoms with Crippen LogP contribution >= 0.6 is 0 Å². The van der Waals surface area contributed by atoms with E-state index in [1.165, 1.54) is 6.92 Å². The summed E-state index contributed by atoms with van der Waals surface area (Å²) in [5.74, 6) is -1.82. The highest BCUT2D eigenvalue weighted by Gasteiger charge is 2.26. The lowest BCUT2D eigenvalue weighted by atomic mass is 9.94. The molecule has 0 aliphatic rings. The number of rotatable bonds is 6. The van der Waals surface area contributed by atoms with Crippen LogP contribution in [0, 0.1) is 11.8 Å². The van der Waals surface area contributed by atoms with Crippen molar-refractivity contribution in [2.24, 2.45) is 11.8 Å². The second kappa shape index (κ2) is 6.93. The molecule has 0 bridgehead atoms. The number of carboxylic acids is 1. The molecule has 0 aromatic heterocycles. The minimum atomic E-state index is -0.971. The van der Waals surface area contributed by atoms with E-state index in [9.17, 15) is 9.59 Å². The Hall–Kier alpha value is -2.04. The highest BCUT2D eigenvalue weighted by Crippen LogP contribution is 2.20. The Balaban J connectivity index is 2.72. The van der Waals surface area contributed by atoms with Crippen molar-refractivity contribution < 1.29 is 19.4 Å². The molecule has 1 rings (SSSR count). The number of ether oxygens (including phenoxy) is 1.